The molecule has 4 rings (SSSR count). The zero-order chi connectivity index (χ0) is 15.5. The molecule has 0 spiro atoms. The van der Waals surface area contributed by atoms with Gasteiger partial charge in [-0.25, -0.2) is 0 Å². The highest BCUT2D eigenvalue weighted by Crippen LogP contribution is 2.61. The molecule has 0 unspecified atom stereocenters. The van der Waals surface area contributed by atoms with Crippen molar-refractivity contribution < 1.29 is 14.3 Å². The molecule has 0 aromatic rings. The Balaban J connectivity index is 1.67. The summed E-state index contributed by atoms with van der Waals surface area (Å²) in [5.41, 5.74) is 1.37. The van der Waals surface area contributed by atoms with Crippen LogP contribution in [0.15, 0.2) is 11.6 Å². The Morgan fingerprint density at radius 1 is 1.00 bits per heavy atom. The van der Waals surface area contributed by atoms with Crippen LogP contribution in [0, 0.1) is 23.2 Å². The Morgan fingerprint density at radius 2 is 1.82 bits per heavy atom. The van der Waals surface area contributed by atoms with Gasteiger partial charge in [0, 0.05) is 18.8 Å². The number of rotatable bonds is 0. The van der Waals surface area contributed by atoms with Gasteiger partial charge in [0.2, 0.25) is 0 Å². The summed E-state index contributed by atoms with van der Waals surface area (Å²) in [7, 11) is 0. The van der Waals surface area contributed by atoms with E-state index in [2.05, 4.69) is 13.8 Å². The highest BCUT2D eigenvalue weighted by molar-refractivity contribution is 5.91. The van der Waals surface area contributed by atoms with E-state index in [0.29, 0.717) is 36.4 Å². The van der Waals surface area contributed by atoms with Crippen molar-refractivity contribution in [3.05, 3.63) is 11.6 Å². The maximum atomic E-state index is 11.8. The first kappa shape index (κ1) is 14.5. The number of fused-ring (bicyclic) bond motifs is 5. The summed E-state index contributed by atoms with van der Waals surface area (Å²) in [6, 6.07) is 0. The zero-order valence-electron chi connectivity index (χ0n) is 13.7. The lowest BCUT2D eigenvalue weighted by Gasteiger charge is -2.59. The Labute approximate surface area is 132 Å². The second-order valence-electron chi connectivity index (χ2n) is 8.33. The van der Waals surface area contributed by atoms with Crippen LogP contribution in [0.3, 0.4) is 0 Å². The van der Waals surface area contributed by atoms with Crippen LogP contribution >= 0.6 is 0 Å². The molecule has 0 amide bonds. The highest BCUT2D eigenvalue weighted by Gasteiger charge is 2.57. The highest BCUT2D eigenvalue weighted by atomic mass is 16.6. The second-order valence-corrected chi connectivity index (χ2v) is 8.33. The standard InChI is InChI=1S/C19H26O3/c1-18-9-7-13(20)11-12(18)3-4-14-15(18)8-10-19(2)16(14)5-6-17(21)22-19/h11,14-16H,3-10H2,1-2H3/t14-,15+,16-,18-,19-/m0/s1. The van der Waals surface area contributed by atoms with Crippen molar-refractivity contribution in [3.63, 3.8) is 0 Å². The van der Waals surface area contributed by atoms with E-state index in [1.165, 1.54) is 5.57 Å². The molecule has 22 heavy (non-hydrogen) atoms. The largest absolute Gasteiger partial charge is 0.459 e. The third kappa shape index (κ3) is 1.93. The first-order valence-electron chi connectivity index (χ1n) is 8.88. The van der Waals surface area contributed by atoms with Crippen LogP contribution in [0.1, 0.15) is 65.2 Å². The summed E-state index contributed by atoms with van der Waals surface area (Å²) in [5, 5.41) is 0. The van der Waals surface area contributed by atoms with Gasteiger partial charge in [-0.15, -0.1) is 0 Å². The fourth-order valence-corrected chi connectivity index (χ4v) is 6.08. The van der Waals surface area contributed by atoms with Gasteiger partial charge >= 0.3 is 5.97 Å². The molecule has 3 heteroatoms. The van der Waals surface area contributed by atoms with Gasteiger partial charge in [0.05, 0.1) is 0 Å². The van der Waals surface area contributed by atoms with Crippen molar-refractivity contribution in [2.24, 2.45) is 23.2 Å². The molecule has 0 aromatic heterocycles. The lowest BCUT2D eigenvalue weighted by molar-refractivity contribution is -0.194. The number of esters is 1. The third-order valence-corrected chi connectivity index (χ3v) is 7.30. The van der Waals surface area contributed by atoms with E-state index in [1.54, 1.807) is 0 Å². The fourth-order valence-electron chi connectivity index (χ4n) is 6.08. The molecule has 0 aromatic carbocycles. The topological polar surface area (TPSA) is 43.4 Å². The van der Waals surface area contributed by atoms with Crippen LogP contribution in [0.2, 0.25) is 0 Å². The minimum atomic E-state index is -0.238. The monoisotopic (exact) mass is 302 g/mol. The number of ether oxygens (including phenoxy) is 1. The number of hydrogen-bond donors (Lipinski definition) is 0. The van der Waals surface area contributed by atoms with Crippen LogP contribution in [-0.2, 0) is 14.3 Å². The van der Waals surface area contributed by atoms with Gasteiger partial charge < -0.3 is 4.74 Å². The van der Waals surface area contributed by atoms with Gasteiger partial charge in [0.25, 0.3) is 0 Å². The third-order valence-electron chi connectivity index (χ3n) is 7.30. The average molecular weight is 302 g/mol. The first-order chi connectivity index (χ1) is 10.4. The van der Waals surface area contributed by atoms with E-state index >= 15 is 0 Å². The molecule has 5 atom stereocenters. The fraction of sp³-hybridized carbons (Fsp3) is 0.789. The van der Waals surface area contributed by atoms with E-state index in [4.69, 9.17) is 4.74 Å². The maximum Gasteiger partial charge on any atom is 0.306 e. The Hall–Kier alpha value is -1.12. The molecule has 0 bridgehead atoms. The summed E-state index contributed by atoms with van der Waals surface area (Å²) in [6.07, 6.45) is 9.60. The average Bonchev–Trinajstić information content (AvgIpc) is 2.46. The summed E-state index contributed by atoms with van der Waals surface area (Å²) in [5.74, 6) is 2.14. The lowest BCUT2D eigenvalue weighted by Crippen LogP contribution is -2.56. The number of carbonyl (C=O) groups excluding carboxylic acids is 2. The van der Waals surface area contributed by atoms with Crippen LogP contribution in [0.4, 0.5) is 0 Å². The normalized spacial score (nSPS) is 47.7. The molecule has 3 nitrogen and oxygen atoms in total. The number of hydrogen-bond acceptors (Lipinski definition) is 3. The minimum Gasteiger partial charge on any atom is -0.459 e. The summed E-state index contributed by atoms with van der Waals surface area (Å²) in [4.78, 5) is 23.5. The van der Waals surface area contributed by atoms with Crippen molar-refractivity contribution in [1.82, 2.24) is 0 Å². The van der Waals surface area contributed by atoms with Crippen LogP contribution in [-0.4, -0.2) is 17.4 Å². The predicted octanol–water partition coefficient (Wildman–Crippen LogP) is 3.81. The molecule has 4 aliphatic rings. The van der Waals surface area contributed by atoms with Gasteiger partial charge in [-0.1, -0.05) is 12.5 Å². The SMILES string of the molecule is C[C@]12CCC(=O)C=C1CC[C@H]1[C@H]2CC[C@]2(C)OC(=O)CC[C@@H]12. The molecule has 3 fully saturated rings. The molecule has 120 valence electrons. The molecular formula is C19H26O3. The van der Waals surface area contributed by atoms with E-state index in [1.807, 2.05) is 6.08 Å². The van der Waals surface area contributed by atoms with Crippen LogP contribution in [0.25, 0.3) is 0 Å². The van der Waals surface area contributed by atoms with E-state index in [0.717, 1.165) is 38.5 Å². The van der Waals surface area contributed by atoms with Gasteiger partial charge in [0.1, 0.15) is 5.60 Å². The van der Waals surface area contributed by atoms with E-state index in [9.17, 15) is 9.59 Å². The molecule has 0 radical (unpaired) electrons. The zero-order valence-corrected chi connectivity index (χ0v) is 13.7. The molecule has 1 aliphatic heterocycles. The van der Waals surface area contributed by atoms with Crippen LogP contribution < -0.4 is 0 Å². The summed E-state index contributed by atoms with van der Waals surface area (Å²) < 4.78 is 5.81. The van der Waals surface area contributed by atoms with Crippen LogP contribution in [0.5, 0.6) is 0 Å². The Bertz CT molecular complexity index is 563. The van der Waals surface area contributed by atoms with Gasteiger partial charge in [-0.2, -0.15) is 0 Å². The minimum absolute atomic E-state index is 0.0110. The van der Waals surface area contributed by atoms with Gasteiger partial charge in [-0.3, -0.25) is 9.59 Å². The lowest BCUT2D eigenvalue weighted by atomic mass is 9.48. The Kier molecular flexibility index (Phi) is 3.08. The predicted molar refractivity (Wildman–Crippen MR) is 83.1 cm³/mol. The molecule has 1 saturated heterocycles. The first-order valence-corrected chi connectivity index (χ1v) is 8.88. The summed E-state index contributed by atoms with van der Waals surface area (Å²) >= 11 is 0. The smallest absolute Gasteiger partial charge is 0.306 e. The Morgan fingerprint density at radius 3 is 2.64 bits per heavy atom. The van der Waals surface area contributed by atoms with Gasteiger partial charge in [0.15, 0.2) is 5.78 Å². The van der Waals surface area contributed by atoms with Gasteiger partial charge in [-0.05, 0) is 68.8 Å². The van der Waals surface area contributed by atoms with Crippen molar-refractivity contribution in [3.8, 4) is 0 Å². The second kappa shape index (κ2) is 4.69. The molecule has 1 heterocycles. The van der Waals surface area contributed by atoms with Crippen molar-refractivity contribution >= 4 is 11.8 Å². The number of allylic oxidation sites excluding steroid dienone is 2. The molecular weight excluding hydrogens is 276 g/mol. The summed E-state index contributed by atoms with van der Waals surface area (Å²) in [6.45, 7) is 4.54. The number of ketones is 1. The number of carbonyl (C=O) groups is 2. The molecule has 3 aliphatic carbocycles. The van der Waals surface area contributed by atoms with Crippen molar-refractivity contribution in [2.45, 2.75) is 70.8 Å². The maximum absolute atomic E-state index is 11.8. The molecule has 2 saturated carbocycles. The molecule has 0 N–H and O–H groups in total. The van der Waals surface area contributed by atoms with Crippen molar-refractivity contribution in [2.75, 3.05) is 0 Å². The quantitative estimate of drug-likeness (QED) is 0.639. The van der Waals surface area contributed by atoms with E-state index in [-0.39, 0.29) is 17.0 Å². The van der Waals surface area contributed by atoms with E-state index < -0.39 is 0 Å². The van der Waals surface area contributed by atoms with Crippen molar-refractivity contribution in [1.29, 1.82) is 0 Å².